The molecule has 0 aromatic heterocycles. The molecule has 1 aliphatic carbocycles. The molecular formula is C8H12O4S. The van der Waals surface area contributed by atoms with Gasteiger partial charge in [-0.2, -0.15) is 0 Å². The first-order valence-corrected chi connectivity index (χ1v) is 5.12. The van der Waals surface area contributed by atoms with Crippen molar-refractivity contribution in [2.24, 2.45) is 0 Å². The highest BCUT2D eigenvalue weighted by molar-refractivity contribution is 8.13. The van der Waals surface area contributed by atoms with Gasteiger partial charge >= 0.3 is 0 Å². The van der Waals surface area contributed by atoms with Gasteiger partial charge in [0.05, 0.1) is 6.10 Å². The van der Waals surface area contributed by atoms with E-state index in [2.05, 4.69) is 0 Å². The molecule has 1 aliphatic rings. The maximum Gasteiger partial charge on any atom is 0.214 e. The van der Waals surface area contributed by atoms with Crippen LogP contribution in [0.5, 0.6) is 0 Å². The number of aliphatic hydroxyl groups excluding tert-OH is 3. The molecule has 3 N–H and O–H groups in total. The van der Waals surface area contributed by atoms with Gasteiger partial charge in [-0.15, -0.1) is 0 Å². The smallest absolute Gasteiger partial charge is 0.214 e. The fourth-order valence-electron chi connectivity index (χ4n) is 1.23. The Morgan fingerprint density at radius 3 is 2.62 bits per heavy atom. The molecule has 13 heavy (non-hydrogen) atoms. The second kappa shape index (κ2) is 4.23. The molecule has 0 spiro atoms. The molecule has 0 saturated heterocycles. The average molecular weight is 204 g/mol. The monoisotopic (exact) mass is 204 g/mol. The van der Waals surface area contributed by atoms with Crippen molar-refractivity contribution in [3.05, 3.63) is 11.6 Å². The molecule has 0 radical (unpaired) electrons. The van der Waals surface area contributed by atoms with Gasteiger partial charge in [0.25, 0.3) is 0 Å². The van der Waals surface area contributed by atoms with Crippen LogP contribution in [-0.4, -0.2) is 45.0 Å². The van der Waals surface area contributed by atoms with Crippen molar-refractivity contribution in [2.75, 3.05) is 6.26 Å². The maximum atomic E-state index is 11.2. The minimum atomic E-state index is -1.18. The number of hydrogen-bond acceptors (Lipinski definition) is 5. The van der Waals surface area contributed by atoms with Gasteiger partial charge in [0.2, 0.25) is 5.12 Å². The Morgan fingerprint density at radius 2 is 2.15 bits per heavy atom. The van der Waals surface area contributed by atoms with E-state index in [1.807, 2.05) is 0 Å². The van der Waals surface area contributed by atoms with E-state index in [0.717, 1.165) is 11.8 Å². The van der Waals surface area contributed by atoms with Crippen LogP contribution < -0.4 is 0 Å². The first-order valence-electron chi connectivity index (χ1n) is 3.89. The Labute approximate surface area is 80.3 Å². The van der Waals surface area contributed by atoms with E-state index in [-0.39, 0.29) is 11.5 Å². The van der Waals surface area contributed by atoms with Crippen molar-refractivity contribution in [1.29, 1.82) is 0 Å². The Hall–Kier alpha value is -0.360. The highest BCUT2D eigenvalue weighted by Crippen LogP contribution is 2.22. The van der Waals surface area contributed by atoms with E-state index < -0.39 is 18.3 Å². The van der Waals surface area contributed by atoms with Gasteiger partial charge < -0.3 is 15.3 Å². The molecule has 0 aromatic rings. The summed E-state index contributed by atoms with van der Waals surface area (Å²) < 4.78 is 0. The van der Waals surface area contributed by atoms with Gasteiger partial charge in [0.15, 0.2) is 0 Å². The second-order valence-corrected chi connectivity index (χ2v) is 3.72. The van der Waals surface area contributed by atoms with Crippen molar-refractivity contribution < 1.29 is 20.1 Å². The van der Waals surface area contributed by atoms with Gasteiger partial charge in [0.1, 0.15) is 12.2 Å². The topological polar surface area (TPSA) is 77.8 Å². The molecule has 0 bridgehead atoms. The van der Waals surface area contributed by atoms with E-state index in [4.69, 9.17) is 5.11 Å². The fourth-order valence-corrected chi connectivity index (χ4v) is 1.64. The predicted molar refractivity (Wildman–Crippen MR) is 49.2 cm³/mol. The van der Waals surface area contributed by atoms with E-state index in [1.54, 1.807) is 6.26 Å². The molecule has 0 heterocycles. The fraction of sp³-hybridized carbons (Fsp3) is 0.625. The molecule has 3 atom stereocenters. The lowest BCUT2D eigenvalue weighted by atomic mass is 9.93. The van der Waals surface area contributed by atoms with Gasteiger partial charge in [-0.25, -0.2) is 0 Å². The summed E-state index contributed by atoms with van der Waals surface area (Å²) in [5.74, 6) is 0. The average Bonchev–Trinajstić information content (AvgIpc) is 2.12. The lowest BCUT2D eigenvalue weighted by Crippen LogP contribution is -2.40. The number of aliphatic hydroxyl groups is 3. The molecule has 0 amide bonds. The van der Waals surface area contributed by atoms with Crippen molar-refractivity contribution in [3.8, 4) is 0 Å². The molecule has 0 saturated carbocycles. The number of thioether (sulfide) groups is 1. The zero-order valence-corrected chi connectivity index (χ0v) is 7.99. The summed E-state index contributed by atoms with van der Waals surface area (Å²) in [6, 6.07) is 0. The first-order chi connectivity index (χ1) is 6.06. The minimum absolute atomic E-state index is 0.109. The molecule has 5 heteroatoms. The molecule has 0 fully saturated rings. The summed E-state index contributed by atoms with van der Waals surface area (Å²) in [6.45, 7) is 0. The highest BCUT2D eigenvalue weighted by atomic mass is 32.2. The Morgan fingerprint density at radius 1 is 1.54 bits per heavy atom. The zero-order chi connectivity index (χ0) is 10.0. The van der Waals surface area contributed by atoms with Crippen molar-refractivity contribution in [1.82, 2.24) is 0 Å². The summed E-state index contributed by atoms with van der Waals surface area (Å²) in [5, 5.41) is 27.4. The van der Waals surface area contributed by atoms with E-state index in [0.29, 0.717) is 5.57 Å². The first kappa shape index (κ1) is 10.7. The van der Waals surface area contributed by atoms with Crippen LogP contribution >= 0.6 is 11.8 Å². The van der Waals surface area contributed by atoms with Crippen LogP contribution in [0.4, 0.5) is 0 Å². The maximum absolute atomic E-state index is 11.2. The van der Waals surface area contributed by atoms with Crippen LogP contribution in [0.2, 0.25) is 0 Å². The van der Waals surface area contributed by atoms with Gasteiger partial charge in [0, 0.05) is 12.0 Å². The largest absolute Gasteiger partial charge is 0.390 e. The van der Waals surface area contributed by atoms with E-state index in [9.17, 15) is 15.0 Å². The summed E-state index contributed by atoms with van der Waals surface area (Å²) >= 11 is 1.03. The molecule has 74 valence electrons. The zero-order valence-electron chi connectivity index (χ0n) is 7.17. The number of rotatable bonds is 1. The Balaban J connectivity index is 2.78. The number of hydrogen-bond donors (Lipinski definition) is 3. The van der Waals surface area contributed by atoms with Crippen LogP contribution in [-0.2, 0) is 4.79 Å². The summed E-state index contributed by atoms with van der Waals surface area (Å²) in [5.41, 5.74) is 0.373. The van der Waals surface area contributed by atoms with Crippen LogP contribution in [0.3, 0.4) is 0 Å². The molecular weight excluding hydrogens is 192 g/mol. The lowest BCUT2D eigenvalue weighted by Gasteiger charge is -2.26. The lowest BCUT2D eigenvalue weighted by molar-refractivity contribution is -0.109. The summed E-state index contributed by atoms with van der Waals surface area (Å²) in [4.78, 5) is 11.2. The predicted octanol–water partition coefficient (Wildman–Crippen LogP) is -0.711. The van der Waals surface area contributed by atoms with E-state index >= 15 is 0 Å². The van der Waals surface area contributed by atoms with Crippen LogP contribution in [0.15, 0.2) is 11.6 Å². The third-order valence-corrected chi connectivity index (χ3v) is 2.63. The highest BCUT2D eigenvalue weighted by Gasteiger charge is 2.30. The third kappa shape index (κ3) is 2.31. The molecule has 0 aliphatic heterocycles. The van der Waals surface area contributed by atoms with Crippen molar-refractivity contribution in [2.45, 2.75) is 24.7 Å². The van der Waals surface area contributed by atoms with Crippen LogP contribution in [0, 0.1) is 0 Å². The molecule has 4 nitrogen and oxygen atoms in total. The number of carbonyl (C=O) groups excluding carboxylic acids is 1. The van der Waals surface area contributed by atoms with Gasteiger partial charge in [-0.3, -0.25) is 4.79 Å². The number of carbonyl (C=O) groups is 1. The molecule has 1 rings (SSSR count). The van der Waals surface area contributed by atoms with Crippen LogP contribution in [0.25, 0.3) is 0 Å². The third-order valence-electron chi connectivity index (χ3n) is 1.99. The van der Waals surface area contributed by atoms with Gasteiger partial charge in [-0.1, -0.05) is 11.8 Å². The quantitative estimate of drug-likeness (QED) is 0.526. The standard InChI is InChI=1S/C8H12O4S/c1-13-8(12)4-2-5(9)7(11)6(10)3-4/h2,5-7,9-11H,3H2,1H3. The van der Waals surface area contributed by atoms with Crippen LogP contribution in [0.1, 0.15) is 6.42 Å². The van der Waals surface area contributed by atoms with Gasteiger partial charge in [-0.05, 0) is 12.3 Å². The van der Waals surface area contributed by atoms with Crippen molar-refractivity contribution >= 4 is 16.9 Å². The van der Waals surface area contributed by atoms with E-state index in [1.165, 1.54) is 6.08 Å². The Bertz CT molecular complexity index is 238. The minimum Gasteiger partial charge on any atom is -0.390 e. The molecule has 3 unspecified atom stereocenters. The van der Waals surface area contributed by atoms with Crippen molar-refractivity contribution in [3.63, 3.8) is 0 Å². The molecule has 0 aromatic carbocycles. The Kier molecular flexibility index (Phi) is 3.49. The summed E-state index contributed by atoms with van der Waals surface area (Å²) in [7, 11) is 0. The SMILES string of the molecule is CSC(=O)C1=CC(O)C(O)C(O)C1. The second-order valence-electron chi connectivity index (χ2n) is 2.94. The summed E-state index contributed by atoms with van der Waals surface area (Å²) in [6.07, 6.45) is -0.333. The normalized spacial score (nSPS) is 34.2.